The van der Waals surface area contributed by atoms with Gasteiger partial charge < -0.3 is 19.2 Å². The number of benzene rings is 3. The molecule has 1 aliphatic heterocycles. The molecule has 218 valence electrons. The van der Waals surface area contributed by atoms with Crippen LogP contribution >= 0.6 is 11.3 Å². The number of nitrogens with zero attached hydrogens (tertiary/aromatic N) is 2. The summed E-state index contributed by atoms with van der Waals surface area (Å²) in [5.41, 5.74) is 6.21. The zero-order valence-corrected chi connectivity index (χ0v) is 25.4. The zero-order chi connectivity index (χ0) is 30.2. The molecule has 6 rings (SSSR count). The molecule has 5 aromatic rings. The fraction of sp³-hybridized carbons (Fsp3) is 0.206. The van der Waals surface area contributed by atoms with Crippen LogP contribution in [-0.4, -0.2) is 36.3 Å². The number of aryl methyl sites for hydroxylation is 1. The third kappa shape index (κ3) is 4.85. The first kappa shape index (κ1) is 28.2. The van der Waals surface area contributed by atoms with Crippen molar-refractivity contribution in [1.29, 1.82) is 0 Å². The lowest BCUT2D eigenvalue weighted by atomic mass is 9.95. The van der Waals surface area contributed by atoms with Crippen LogP contribution in [0.2, 0.25) is 0 Å². The van der Waals surface area contributed by atoms with Gasteiger partial charge in [0.15, 0.2) is 16.3 Å². The van der Waals surface area contributed by atoms with E-state index in [0.717, 1.165) is 33.3 Å². The Morgan fingerprint density at radius 2 is 1.79 bits per heavy atom. The number of H-pyrrole nitrogens is 1. The topological polar surface area (TPSA) is 94.9 Å². The highest BCUT2D eigenvalue weighted by Gasteiger charge is 2.34. The molecule has 0 amide bonds. The molecule has 0 radical (unpaired) electrons. The molecule has 8 nitrogen and oxygen atoms in total. The van der Waals surface area contributed by atoms with E-state index in [4.69, 9.17) is 19.2 Å². The van der Waals surface area contributed by atoms with Crippen molar-refractivity contribution >= 4 is 34.3 Å². The second kappa shape index (κ2) is 11.4. The van der Waals surface area contributed by atoms with Gasteiger partial charge in [0.2, 0.25) is 0 Å². The highest BCUT2D eigenvalue weighted by atomic mass is 32.1. The van der Waals surface area contributed by atoms with E-state index in [9.17, 15) is 9.59 Å². The van der Waals surface area contributed by atoms with Crippen LogP contribution in [0.3, 0.4) is 0 Å². The number of esters is 1. The van der Waals surface area contributed by atoms with E-state index in [0.29, 0.717) is 37.7 Å². The molecule has 0 saturated carbocycles. The van der Waals surface area contributed by atoms with Crippen molar-refractivity contribution < 1.29 is 19.0 Å². The number of carbonyl (C=O) groups is 1. The number of carbonyl (C=O) groups excluding carboxylic acids is 1. The van der Waals surface area contributed by atoms with Gasteiger partial charge in [-0.3, -0.25) is 9.36 Å². The van der Waals surface area contributed by atoms with Crippen LogP contribution in [0.25, 0.3) is 28.2 Å². The normalized spacial score (nSPS) is 14.9. The minimum Gasteiger partial charge on any atom is -0.493 e. The van der Waals surface area contributed by atoms with Crippen LogP contribution in [0.4, 0.5) is 0 Å². The first-order valence-corrected chi connectivity index (χ1v) is 14.8. The number of ether oxygens (including phenoxy) is 3. The molecule has 0 bridgehead atoms. The van der Waals surface area contributed by atoms with E-state index < -0.39 is 12.0 Å². The summed E-state index contributed by atoms with van der Waals surface area (Å²) in [7, 11) is 3.11. The maximum atomic E-state index is 14.3. The van der Waals surface area contributed by atoms with Gasteiger partial charge in [0.05, 0.1) is 48.4 Å². The third-order valence-corrected chi connectivity index (χ3v) is 8.64. The predicted molar refractivity (Wildman–Crippen MR) is 168 cm³/mol. The Balaban J connectivity index is 1.62. The maximum absolute atomic E-state index is 14.3. The van der Waals surface area contributed by atoms with E-state index in [-0.39, 0.29) is 12.2 Å². The largest absolute Gasteiger partial charge is 0.493 e. The van der Waals surface area contributed by atoms with Crippen LogP contribution in [0.15, 0.2) is 87.8 Å². The van der Waals surface area contributed by atoms with Gasteiger partial charge in [-0.05, 0) is 55.7 Å². The Morgan fingerprint density at radius 3 is 2.51 bits per heavy atom. The Kier molecular flexibility index (Phi) is 7.50. The number of methoxy groups -OCH3 is 2. The van der Waals surface area contributed by atoms with Gasteiger partial charge in [0.25, 0.3) is 5.56 Å². The summed E-state index contributed by atoms with van der Waals surface area (Å²) >= 11 is 1.30. The predicted octanol–water partition coefficient (Wildman–Crippen LogP) is 5.27. The van der Waals surface area contributed by atoms with Crippen molar-refractivity contribution in [1.82, 2.24) is 9.55 Å². The molecule has 9 heteroatoms. The summed E-state index contributed by atoms with van der Waals surface area (Å²) in [6, 6.07) is 20.8. The number of allylic oxidation sites excluding steroid dienone is 1. The van der Waals surface area contributed by atoms with Crippen LogP contribution in [0.5, 0.6) is 11.5 Å². The average Bonchev–Trinajstić information content (AvgIpc) is 3.54. The van der Waals surface area contributed by atoms with Crippen molar-refractivity contribution in [2.45, 2.75) is 26.8 Å². The van der Waals surface area contributed by atoms with Crippen molar-refractivity contribution in [2.75, 3.05) is 20.8 Å². The summed E-state index contributed by atoms with van der Waals surface area (Å²) in [6.45, 7) is 5.78. The van der Waals surface area contributed by atoms with Gasteiger partial charge in [0.1, 0.15) is 0 Å². The lowest BCUT2D eigenvalue weighted by molar-refractivity contribution is -0.139. The van der Waals surface area contributed by atoms with Gasteiger partial charge >= 0.3 is 5.97 Å². The van der Waals surface area contributed by atoms with Crippen LogP contribution < -0.4 is 24.4 Å². The summed E-state index contributed by atoms with van der Waals surface area (Å²) in [6.07, 6.45) is 1.93. The molecule has 3 heterocycles. The molecular formula is C34H31N3O5S. The second-order valence-corrected chi connectivity index (χ2v) is 11.2. The minimum absolute atomic E-state index is 0.195. The number of fused-ring (bicyclic) bond motifs is 2. The fourth-order valence-electron chi connectivity index (χ4n) is 5.63. The van der Waals surface area contributed by atoms with Crippen LogP contribution in [-0.2, 0) is 9.53 Å². The first-order valence-electron chi connectivity index (χ1n) is 13.9. The highest BCUT2D eigenvalue weighted by molar-refractivity contribution is 7.07. The summed E-state index contributed by atoms with van der Waals surface area (Å²) in [5.74, 6) is 0.512. The molecule has 0 fully saturated rings. The van der Waals surface area contributed by atoms with E-state index in [2.05, 4.69) is 24.0 Å². The monoisotopic (exact) mass is 593 g/mol. The smallest absolute Gasteiger partial charge is 0.338 e. The van der Waals surface area contributed by atoms with Gasteiger partial charge in [0, 0.05) is 16.5 Å². The fourth-order valence-corrected chi connectivity index (χ4v) is 6.66. The van der Waals surface area contributed by atoms with E-state index in [1.54, 1.807) is 44.8 Å². The highest BCUT2D eigenvalue weighted by Crippen LogP contribution is 2.36. The average molecular weight is 594 g/mol. The van der Waals surface area contributed by atoms with Gasteiger partial charge in [-0.25, -0.2) is 9.79 Å². The lowest BCUT2D eigenvalue weighted by Gasteiger charge is -2.25. The maximum Gasteiger partial charge on any atom is 0.338 e. The quantitative estimate of drug-likeness (QED) is 0.260. The molecule has 1 N–H and O–H groups in total. The number of aromatic nitrogens is 2. The van der Waals surface area contributed by atoms with Crippen molar-refractivity contribution in [3.63, 3.8) is 0 Å². The van der Waals surface area contributed by atoms with Crippen LogP contribution in [0.1, 0.15) is 36.6 Å². The molecule has 0 unspecified atom stereocenters. The molecule has 3 aromatic carbocycles. The molecule has 0 aliphatic carbocycles. The first-order chi connectivity index (χ1) is 20.9. The summed E-state index contributed by atoms with van der Waals surface area (Å²) in [4.78, 5) is 36.5. The summed E-state index contributed by atoms with van der Waals surface area (Å²) < 4.78 is 18.5. The number of rotatable bonds is 7. The number of hydrogen-bond donors (Lipinski definition) is 1. The number of nitrogens with one attached hydrogen (secondary N) is 1. The van der Waals surface area contributed by atoms with Crippen molar-refractivity contribution in [2.24, 2.45) is 4.99 Å². The Labute approximate surface area is 252 Å². The van der Waals surface area contributed by atoms with Crippen molar-refractivity contribution in [3.8, 4) is 22.8 Å². The number of hydrogen-bond acceptors (Lipinski definition) is 7. The van der Waals surface area contributed by atoms with Crippen LogP contribution in [0, 0.1) is 6.92 Å². The Bertz CT molecular complexity index is 2090. The van der Waals surface area contributed by atoms with E-state index >= 15 is 0 Å². The van der Waals surface area contributed by atoms with Crippen molar-refractivity contribution in [3.05, 3.63) is 114 Å². The Hall–Kier alpha value is -4.89. The second-order valence-electron chi connectivity index (χ2n) is 10.2. The lowest BCUT2D eigenvalue weighted by Crippen LogP contribution is -2.40. The van der Waals surface area contributed by atoms with Gasteiger partial charge in [-0.2, -0.15) is 0 Å². The van der Waals surface area contributed by atoms with Gasteiger partial charge in [-0.1, -0.05) is 65.9 Å². The standard InChI is InChI=1S/C34H31N3O5S/c1-6-42-33(39)28-20(3)35-34-37(31(28)22-15-16-25(40-4)26(17-22)41-5)32(38)27(43-34)18-24-23-14-10-11-19(2)29(23)36-30(24)21-12-8-7-9-13-21/h7-18,31,36H,6H2,1-5H3/b27-18+/t31-/m1/s1. The Morgan fingerprint density at radius 1 is 1.02 bits per heavy atom. The molecule has 0 saturated heterocycles. The molecule has 1 atom stereocenters. The SMILES string of the molecule is CCOC(=O)C1=C(C)N=c2s/c(=C/c3c(-c4ccccc4)[nH]c4c(C)cccc34)c(=O)n2[C@@H]1c1ccc(OC)c(OC)c1. The minimum atomic E-state index is -0.768. The van der Waals surface area contributed by atoms with Gasteiger partial charge in [-0.15, -0.1) is 0 Å². The number of para-hydroxylation sites is 1. The third-order valence-electron chi connectivity index (χ3n) is 7.66. The molecule has 43 heavy (non-hydrogen) atoms. The number of thiazole rings is 1. The molecule has 1 aliphatic rings. The van der Waals surface area contributed by atoms with E-state index in [1.165, 1.54) is 11.3 Å². The van der Waals surface area contributed by atoms with E-state index in [1.807, 2.05) is 48.5 Å². The molecular weight excluding hydrogens is 562 g/mol. The number of aromatic amines is 1. The zero-order valence-electron chi connectivity index (χ0n) is 24.6. The summed E-state index contributed by atoms with van der Waals surface area (Å²) in [5, 5.41) is 1.02. The molecule has 2 aromatic heterocycles. The molecule has 0 spiro atoms.